The van der Waals surface area contributed by atoms with Crippen LogP contribution >= 0.6 is 0 Å². The minimum atomic E-state index is -1.07. The predicted molar refractivity (Wildman–Crippen MR) is 190 cm³/mol. The van der Waals surface area contributed by atoms with Crippen LogP contribution in [0.5, 0.6) is 34.5 Å². The number of allylic oxidation sites excluding steroid dienone is 2. The molecule has 0 spiro atoms. The van der Waals surface area contributed by atoms with E-state index >= 15 is 0 Å². The number of ether oxygens (including phenoxy) is 4. The monoisotopic (exact) mass is 752 g/mol. The van der Waals surface area contributed by atoms with E-state index in [0.717, 1.165) is 24.3 Å². The van der Waals surface area contributed by atoms with Gasteiger partial charge >= 0.3 is 23.9 Å². The number of carbonyl (C=O) groups excluding carboxylic acids is 5. The molecule has 54 heavy (non-hydrogen) atoms. The molecule has 0 radical (unpaired) electrons. The lowest BCUT2D eigenvalue weighted by Crippen LogP contribution is -2.25. The Labute approximate surface area is 311 Å². The van der Waals surface area contributed by atoms with Gasteiger partial charge in [0.05, 0.1) is 12.8 Å². The van der Waals surface area contributed by atoms with Crippen LogP contribution in [0.2, 0.25) is 0 Å². The zero-order chi connectivity index (χ0) is 40.3. The van der Waals surface area contributed by atoms with E-state index in [9.17, 15) is 54.6 Å². The molecule has 0 aliphatic carbocycles. The van der Waals surface area contributed by atoms with E-state index in [4.69, 9.17) is 18.9 Å². The molecule has 0 unspecified atom stereocenters. The molecule has 0 aromatic heterocycles. The largest absolute Gasteiger partial charge is 0.508 e. The van der Waals surface area contributed by atoms with Crippen molar-refractivity contribution < 1.29 is 73.6 Å². The van der Waals surface area contributed by atoms with E-state index < -0.39 is 77.7 Å². The summed E-state index contributed by atoms with van der Waals surface area (Å²) in [7, 11) is 0. The van der Waals surface area contributed by atoms with Gasteiger partial charge in [-0.15, -0.1) is 0 Å². The number of rotatable bonds is 17. The molecule has 4 atom stereocenters. The van der Waals surface area contributed by atoms with Crippen molar-refractivity contribution >= 4 is 29.7 Å². The fraction of sp³-hybridized carbons (Fsp3) is 0.359. The molecular formula is C39H44O15. The third kappa shape index (κ3) is 12.8. The molecular weight excluding hydrogens is 708 g/mol. The molecule has 15 heteroatoms. The van der Waals surface area contributed by atoms with E-state index in [1.54, 1.807) is 13.8 Å². The third-order valence-corrected chi connectivity index (χ3v) is 7.68. The molecule has 15 nitrogen and oxygen atoms in total. The maximum absolute atomic E-state index is 13.2. The maximum Gasteiger partial charge on any atom is 0.342 e. The summed E-state index contributed by atoms with van der Waals surface area (Å²) < 4.78 is 21.5. The van der Waals surface area contributed by atoms with Gasteiger partial charge in [0, 0.05) is 37.5 Å². The zero-order valence-corrected chi connectivity index (χ0v) is 30.4. The number of phenols is 6. The minimum absolute atomic E-state index is 0.0144. The Bertz CT molecular complexity index is 1880. The fourth-order valence-corrected chi connectivity index (χ4v) is 5.62. The summed E-state index contributed by atoms with van der Waals surface area (Å²) in [5.41, 5.74) is -0.0993. The van der Waals surface area contributed by atoms with Crippen molar-refractivity contribution in [1.29, 1.82) is 0 Å². The molecule has 0 fully saturated rings. The summed E-state index contributed by atoms with van der Waals surface area (Å²) in [4.78, 5) is 63.6. The average Bonchev–Trinajstić information content (AvgIpc) is 2.99. The van der Waals surface area contributed by atoms with Crippen molar-refractivity contribution in [3.63, 3.8) is 0 Å². The highest BCUT2D eigenvalue weighted by Gasteiger charge is 2.27. The lowest BCUT2D eigenvalue weighted by Gasteiger charge is -2.20. The van der Waals surface area contributed by atoms with Crippen molar-refractivity contribution in [2.45, 2.75) is 91.1 Å². The SMILES string of the molecule is C/C=C/C(=O)Cc1cc(O)cc(O)c1C(=O)O[C@H](C)CC(=O)O[C@H](C)Cc1cc(O)cc(O)c1C(=O)O[C@H](C)CC(=O)O[C@H](C)Cc1cc(O)cc(O)c1. The Morgan fingerprint density at radius 3 is 1.46 bits per heavy atom. The van der Waals surface area contributed by atoms with Crippen LogP contribution in [-0.4, -0.2) is 84.7 Å². The molecule has 3 aromatic rings. The van der Waals surface area contributed by atoms with Crippen molar-refractivity contribution in [2.24, 2.45) is 0 Å². The highest BCUT2D eigenvalue weighted by molar-refractivity contribution is 5.98. The van der Waals surface area contributed by atoms with Crippen LogP contribution in [0.1, 0.15) is 84.9 Å². The van der Waals surface area contributed by atoms with Gasteiger partial charge in [-0.1, -0.05) is 6.08 Å². The molecule has 0 saturated carbocycles. The second-order valence-electron chi connectivity index (χ2n) is 12.8. The Balaban J connectivity index is 1.59. The van der Waals surface area contributed by atoms with Gasteiger partial charge < -0.3 is 49.6 Å². The second-order valence-corrected chi connectivity index (χ2v) is 12.8. The summed E-state index contributed by atoms with van der Waals surface area (Å²) in [5, 5.41) is 60.2. The van der Waals surface area contributed by atoms with Crippen molar-refractivity contribution in [3.8, 4) is 34.5 Å². The number of phenolic OH excluding ortho intramolecular Hbond substituents is 6. The number of ketones is 1. The molecule has 0 amide bonds. The van der Waals surface area contributed by atoms with Crippen molar-refractivity contribution in [3.05, 3.63) is 82.4 Å². The number of hydrogen-bond acceptors (Lipinski definition) is 15. The molecule has 290 valence electrons. The summed E-state index contributed by atoms with van der Waals surface area (Å²) in [6.45, 7) is 7.53. The average molecular weight is 753 g/mol. The van der Waals surface area contributed by atoms with E-state index in [1.165, 1.54) is 51.1 Å². The lowest BCUT2D eigenvalue weighted by atomic mass is 10.00. The van der Waals surface area contributed by atoms with Gasteiger partial charge in [0.1, 0.15) is 70.0 Å². The Morgan fingerprint density at radius 2 is 0.981 bits per heavy atom. The molecule has 0 aliphatic heterocycles. The Morgan fingerprint density at radius 1 is 0.556 bits per heavy atom. The molecule has 3 aromatic carbocycles. The van der Waals surface area contributed by atoms with Crippen LogP contribution in [0.25, 0.3) is 0 Å². The van der Waals surface area contributed by atoms with Gasteiger partial charge in [0.15, 0.2) is 5.78 Å². The summed E-state index contributed by atoms with van der Waals surface area (Å²) in [6.07, 6.45) is -2.04. The van der Waals surface area contributed by atoms with Gasteiger partial charge in [0.2, 0.25) is 0 Å². The Kier molecular flexibility index (Phi) is 14.8. The van der Waals surface area contributed by atoms with Gasteiger partial charge in [-0.25, -0.2) is 9.59 Å². The highest BCUT2D eigenvalue weighted by Crippen LogP contribution is 2.31. The quantitative estimate of drug-likeness (QED) is 0.0615. The number of carbonyl (C=O) groups is 5. The normalized spacial score (nSPS) is 13.4. The van der Waals surface area contributed by atoms with E-state index in [1.807, 2.05) is 0 Å². The fourth-order valence-electron chi connectivity index (χ4n) is 5.62. The summed E-state index contributed by atoms with van der Waals surface area (Å²) in [5.74, 6) is -6.33. The number of hydrogen-bond donors (Lipinski definition) is 6. The van der Waals surface area contributed by atoms with Crippen molar-refractivity contribution in [1.82, 2.24) is 0 Å². The molecule has 3 rings (SSSR count). The second kappa shape index (κ2) is 19.0. The third-order valence-electron chi connectivity index (χ3n) is 7.68. The standard InChI is InChI=1S/C39H44O15/c1-6-7-27(40)14-26-16-31(44)19-33(46)37(26)39(50)54-23(5)11-35(48)52-21(3)9-25-15-30(43)18-32(45)36(25)38(49)53-22(4)10-34(47)51-20(2)8-24-12-28(41)17-29(42)13-24/h6-7,12-13,15-23,41-46H,8-11,14H2,1-5H3/b7-6+/t20-,21-,22-,23-/m1/s1. The lowest BCUT2D eigenvalue weighted by molar-refractivity contribution is -0.151. The molecule has 0 saturated heterocycles. The van der Waals surface area contributed by atoms with Crippen LogP contribution < -0.4 is 0 Å². The van der Waals surface area contributed by atoms with Crippen molar-refractivity contribution in [2.75, 3.05) is 0 Å². The van der Waals surface area contributed by atoms with Crippen LogP contribution in [0.3, 0.4) is 0 Å². The molecule has 0 aliphatic rings. The first kappa shape index (κ1) is 42.2. The van der Waals surface area contributed by atoms with Gasteiger partial charge in [-0.2, -0.15) is 0 Å². The smallest absolute Gasteiger partial charge is 0.342 e. The first-order valence-electron chi connectivity index (χ1n) is 16.9. The molecule has 6 N–H and O–H groups in total. The zero-order valence-electron chi connectivity index (χ0n) is 30.4. The van der Waals surface area contributed by atoms with E-state index in [0.29, 0.717) is 5.56 Å². The number of benzene rings is 3. The van der Waals surface area contributed by atoms with E-state index in [-0.39, 0.29) is 65.2 Å². The van der Waals surface area contributed by atoms with Crippen LogP contribution in [0.4, 0.5) is 0 Å². The van der Waals surface area contributed by atoms with Gasteiger partial charge in [-0.3, -0.25) is 14.4 Å². The molecule has 0 bridgehead atoms. The van der Waals surface area contributed by atoms with Crippen LogP contribution in [0, 0.1) is 0 Å². The first-order valence-corrected chi connectivity index (χ1v) is 16.9. The number of aromatic hydroxyl groups is 6. The summed E-state index contributed by atoms with van der Waals surface area (Å²) >= 11 is 0. The van der Waals surface area contributed by atoms with E-state index in [2.05, 4.69) is 0 Å². The maximum atomic E-state index is 13.2. The van der Waals surface area contributed by atoms with Crippen LogP contribution in [0.15, 0.2) is 54.6 Å². The van der Waals surface area contributed by atoms with Gasteiger partial charge in [-0.05, 0) is 81.7 Å². The summed E-state index contributed by atoms with van der Waals surface area (Å²) in [6, 6.07) is 8.14. The number of esters is 4. The predicted octanol–water partition coefficient (Wildman–Crippen LogP) is 4.83. The first-order chi connectivity index (χ1) is 25.3. The topological polar surface area (TPSA) is 244 Å². The van der Waals surface area contributed by atoms with Gasteiger partial charge in [0.25, 0.3) is 0 Å². The van der Waals surface area contributed by atoms with Crippen LogP contribution in [-0.2, 0) is 52.6 Å². The Hall–Kier alpha value is -6.25. The minimum Gasteiger partial charge on any atom is -0.508 e. The molecule has 0 heterocycles. The highest BCUT2D eigenvalue weighted by atomic mass is 16.6.